The van der Waals surface area contributed by atoms with E-state index in [2.05, 4.69) is 115 Å². The Morgan fingerprint density at radius 3 is 1.31 bits per heavy atom. The summed E-state index contributed by atoms with van der Waals surface area (Å²) >= 11 is 0. The number of hydrogen-bond donors (Lipinski definition) is 0. The SMILES string of the molecule is c1ccc(-c2nc(-c3ccccc3)nc(-c3ccc(-c4c(-c5ccc6ccc7ccccc7c6c5)ccc5ccccc45)cc3)n2)cc1. The average molecular weight is 612 g/mol. The quantitative estimate of drug-likeness (QED) is 0.182. The van der Waals surface area contributed by atoms with E-state index in [1.54, 1.807) is 0 Å². The summed E-state index contributed by atoms with van der Waals surface area (Å²) in [5.74, 6) is 1.96. The highest BCUT2D eigenvalue weighted by Crippen LogP contribution is 2.40. The molecule has 0 saturated heterocycles. The Morgan fingerprint density at radius 2 is 0.688 bits per heavy atom. The predicted octanol–water partition coefficient (Wildman–Crippen LogP) is 11.7. The number of benzene rings is 8. The van der Waals surface area contributed by atoms with Crippen LogP contribution in [0.25, 0.3) is 88.7 Å². The van der Waals surface area contributed by atoms with Crippen LogP contribution in [-0.2, 0) is 0 Å². The van der Waals surface area contributed by atoms with Gasteiger partial charge in [-0.25, -0.2) is 15.0 Å². The molecule has 0 aliphatic carbocycles. The molecule has 0 bridgehead atoms. The molecule has 0 aliphatic heterocycles. The highest BCUT2D eigenvalue weighted by Gasteiger charge is 2.16. The fraction of sp³-hybridized carbons (Fsp3) is 0. The fourth-order valence-corrected chi connectivity index (χ4v) is 6.72. The first-order chi connectivity index (χ1) is 23.8. The van der Waals surface area contributed by atoms with Gasteiger partial charge in [0.05, 0.1) is 0 Å². The van der Waals surface area contributed by atoms with Crippen LogP contribution in [0, 0.1) is 0 Å². The van der Waals surface area contributed by atoms with Crippen molar-refractivity contribution in [1.29, 1.82) is 0 Å². The maximum absolute atomic E-state index is 4.95. The maximum atomic E-state index is 4.95. The molecule has 48 heavy (non-hydrogen) atoms. The first-order valence-electron chi connectivity index (χ1n) is 16.2. The number of hydrogen-bond acceptors (Lipinski definition) is 3. The van der Waals surface area contributed by atoms with Crippen molar-refractivity contribution in [3.63, 3.8) is 0 Å². The summed E-state index contributed by atoms with van der Waals surface area (Å²) < 4.78 is 0. The topological polar surface area (TPSA) is 38.7 Å². The fourth-order valence-electron chi connectivity index (χ4n) is 6.72. The van der Waals surface area contributed by atoms with Gasteiger partial charge in [-0.05, 0) is 60.6 Å². The molecule has 0 unspecified atom stereocenters. The zero-order valence-electron chi connectivity index (χ0n) is 26.1. The Kier molecular flexibility index (Phi) is 6.80. The smallest absolute Gasteiger partial charge is 0.164 e. The molecule has 9 aromatic rings. The van der Waals surface area contributed by atoms with E-state index in [1.165, 1.54) is 49.0 Å². The summed E-state index contributed by atoms with van der Waals surface area (Å²) in [6.07, 6.45) is 0. The molecule has 224 valence electrons. The summed E-state index contributed by atoms with van der Waals surface area (Å²) in [4.78, 5) is 14.8. The largest absolute Gasteiger partial charge is 0.208 e. The van der Waals surface area contributed by atoms with Crippen molar-refractivity contribution >= 4 is 32.3 Å². The number of fused-ring (bicyclic) bond motifs is 4. The van der Waals surface area contributed by atoms with Gasteiger partial charge >= 0.3 is 0 Å². The maximum Gasteiger partial charge on any atom is 0.164 e. The molecule has 0 fully saturated rings. The van der Waals surface area contributed by atoms with Crippen molar-refractivity contribution in [3.8, 4) is 56.4 Å². The molecular weight excluding hydrogens is 583 g/mol. The highest BCUT2D eigenvalue weighted by molar-refractivity contribution is 6.10. The van der Waals surface area contributed by atoms with Gasteiger partial charge in [0, 0.05) is 16.7 Å². The van der Waals surface area contributed by atoms with Gasteiger partial charge in [0.1, 0.15) is 0 Å². The average Bonchev–Trinajstić information content (AvgIpc) is 3.18. The molecule has 0 radical (unpaired) electrons. The van der Waals surface area contributed by atoms with E-state index < -0.39 is 0 Å². The van der Waals surface area contributed by atoms with Gasteiger partial charge in [-0.3, -0.25) is 0 Å². The molecular formula is C45H29N3. The zero-order chi connectivity index (χ0) is 31.9. The van der Waals surface area contributed by atoms with Gasteiger partial charge in [-0.15, -0.1) is 0 Å². The van der Waals surface area contributed by atoms with E-state index in [0.29, 0.717) is 17.5 Å². The van der Waals surface area contributed by atoms with E-state index in [4.69, 9.17) is 15.0 Å². The summed E-state index contributed by atoms with van der Waals surface area (Å²) in [6, 6.07) is 61.9. The summed E-state index contributed by atoms with van der Waals surface area (Å²) in [5, 5.41) is 7.46. The van der Waals surface area contributed by atoms with E-state index >= 15 is 0 Å². The van der Waals surface area contributed by atoms with Crippen LogP contribution in [0.5, 0.6) is 0 Å². The van der Waals surface area contributed by atoms with Gasteiger partial charge in [0.25, 0.3) is 0 Å². The Morgan fingerprint density at radius 1 is 0.271 bits per heavy atom. The van der Waals surface area contributed by atoms with Crippen LogP contribution in [0.1, 0.15) is 0 Å². The van der Waals surface area contributed by atoms with Gasteiger partial charge in [-0.1, -0.05) is 170 Å². The third-order valence-corrected chi connectivity index (χ3v) is 9.12. The van der Waals surface area contributed by atoms with Gasteiger partial charge in [0.15, 0.2) is 17.5 Å². The Labute approximate surface area is 278 Å². The van der Waals surface area contributed by atoms with Crippen molar-refractivity contribution in [3.05, 3.63) is 176 Å². The van der Waals surface area contributed by atoms with Crippen molar-refractivity contribution in [2.24, 2.45) is 0 Å². The van der Waals surface area contributed by atoms with Gasteiger partial charge in [-0.2, -0.15) is 0 Å². The highest BCUT2D eigenvalue weighted by atomic mass is 15.0. The molecule has 0 saturated carbocycles. The normalized spacial score (nSPS) is 11.3. The van der Waals surface area contributed by atoms with E-state index in [9.17, 15) is 0 Å². The minimum atomic E-state index is 0.647. The molecule has 3 nitrogen and oxygen atoms in total. The lowest BCUT2D eigenvalue weighted by atomic mass is 9.88. The van der Waals surface area contributed by atoms with E-state index in [-0.39, 0.29) is 0 Å². The van der Waals surface area contributed by atoms with Crippen molar-refractivity contribution in [2.75, 3.05) is 0 Å². The van der Waals surface area contributed by atoms with Crippen LogP contribution in [0.2, 0.25) is 0 Å². The van der Waals surface area contributed by atoms with E-state index in [0.717, 1.165) is 22.3 Å². The summed E-state index contributed by atoms with van der Waals surface area (Å²) in [5.41, 5.74) is 7.61. The second-order valence-electron chi connectivity index (χ2n) is 12.0. The van der Waals surface area contributed by atoms with Crippen LogP contribution in [-0.4, -0.2) is 15.0 Å². The molecule has 1 heterocycles. The third-order valence-electron chi connectivity index (χ3n) is 9.12. The minimum absolute atomic E-state index is 0.647. The lowest BCUT2D eigenvalue weighted by Crippen LogP contribution is -2.00. The lowest BCUT2D eigenvalue weighted by molar-refractivity contribution is 1.07. The molecule has 1 aromatic heterocycles. The number of aromatic nitrogens is 3. The van der Waals surface area contributed by atoms with Crippen LogP contribution >= 0.6 is 0 Å². The van der Waals surface area contributed by atoms with Crippen molar-refractivity contribution in [2.45, 2.75) is 0 Å². The minimum Gasteiger partial charge on any atom is -0.208 e. The third kappa shape index (κ3) is 4.99. The second kappa shape index (κ2) is 11.7. The molecule has 0 N–H and O–H groups in total. The molecule has 0 spiro atoms. The molecule has 8 aromatic carbocycles. The molecule has 0 atom stereocenters. The molecule has 3 heteroatoms. The van der Waals surface area contributed by atoms with Crippen LogP contribution in [0.4, 0.5) is 0 Å². The summed E-state index contributed by atoms with van der Waals surface area (Å²) in [7, 11) is 0. The Balaban J connectivity index is 1.19. The number of rotatable bonds is 5. The number of nitrogens with zero attached hydrogens (tertiary/aromatic N) is 3. The predicted molar refractivity (Wildman–Crippen MR) is 200 cm³/mol. The van der Waals surface area contributed by atoms with Crippen LogP contribution < -0.4 is 0 Å². The first kappa shape index (κ1) is 27.8. The Hall–Kier alpha value is -6.45. The molecule has 0 aliphatic rings. The summed E-state index contributed by atoms with van der Waals surface area (Å²) in [6.45, 7) is 0. The molecule has 9 rings (SSSR count). The second-order valence-corrected chi connectivity index (χ2v) is 12.0. The monoisotopic (exact) mass is 611 g/mol. The Bertz CT molecular complexity index is 2540. The first-order valence-corrected chi connectivity index (χ1v) is 16.2. The molecule has 0 amide bonds. The lowest BCUT2D eigenvalue weighted by Gasteiger charge is -2.16. The van der Waals surface area contributed by atoms with Gasteiger partial charge in [0.2, 0.25) is 0 Å². The van der Waals surface area contributed by atoms with E-state index in [1.807, 2.05) is 60.7 Å². The zero-order valence-corrected chi connectivity index (χ0v) is 26.1. The van der Waals surface area contributed by atoms with Crippen LogP contribution in [0.15, 0.2) is 176 Å². The van der Waals surface area contributed by atoms with Crippen LogP contribution in [0.3, 0.4) is 0 Å². The standard InChI is InChI=1S/C45H29N3/c1-3-13-34(14-4-1)43-46-44(35-15-5-2-6-16-35)48-45(47-43)36-24-22-33(23-25-36)42-39-18-10-8-12-31(39)27-28-40(42)37-26-21-32-20-19-30-11-7-9-17-38(30)41(32)29-37/h1-29H. The van der Waals surface area contributed by atoms with Gasteiger partial charge < -0.3 is 0 Å². The van der Waals surface area contributed by atoms with Crippen molar-refractivity contribution in [1.82, 2.24) is 15.0 Å². The van der Waals surface area contributed by atoms with Crippen molar-refractivity contribution < 1.29 is 0 Å².